The average molecular weight is 333 g/mol. The van der Waals surface area contributed by atoms with Gasteiger partial charge in [0.25, 0.3) is 5.91 Å². The topological polar surface area (TPSA) is 59.9 Å². The summed E-state index contributed by atoms with van der Waals surface area (Å²) in [6.07, 6.45) is 0. The van der Waals surface area contributed by atoms with Crippen molar-refractivity contribution in [3.8, 4) is 11.5 Å². The van der Waals surface area contributed by atoms with Crippen LogP contribution >= 0.6 is 11.6 Å². The van der Waals surface area contributed by atoms with Crippen LogP contribution in [0.5, 0.6) is 11.5 Å². The Morgan fingerprint density at radius 1 is 1.13 bits per heavy atom. The zero-order valence-corrected chi connectivity index (χ0v) is 13.8. The molecule has 0 saturated carbocycles. The molecule has 2 rings (SSSR count). The van der Waals surface area contributed by atoms with Gasteiger partial charge in [0.05, 0.1) is 19.9 Å². The summed E-state index contributed by atoms with van der Waals surface area (Å²) in [5, 5.41) is 4.61. The summed E-state index contributed by atoms with van der Waals surface area (Å²) < 4.78 is 10.5. The predicted octanol–water partition coefficient (Wildman–Crippen LogP) is 3.51. The number of ether oxygens (including phenoxy) is 2. The van der Waals surface area contributed by atoms with E-state index in [1.165, 1.54) is 0 Å². The summed E-state index contributed by atoms with van der Waals surface area (Å²) in [7, 11) is 3.15. The monoisotopic (exact) mass is 332 g/mol. The number of rotatable bonds is 5. The molecule has 1 N–H and O–H groups in total. The fraction of sp³-hybridized carbons (Fsp3) is 0.176. The van der Waals surface area contributed by atoms with Crippen molar-refractivity contribution in [2.24, 2.45) is 5.10 Å². The Morgan fingerprint density at radius 2 is 1.91 bits per heavy atom. The maximum atomic E-state index is 12.1. The van der Waals surface area contributed by atoms with Crippen LogP contribution in [0, 0.1) is 0 Å². The van der Waals surface area contributed by atoms with Crippen molar-refractivity contribution in [2.45, 2.75) is 6.92 Å². The van der Waals surface area contributed by atoms with E-state index in [0.717, 1.165) is 5.56 Å². The van der Waals surface area contributed by atoms with E-state index in [1.54, 1.807) is 57.5 Å². The van der Waals surface area contributed by atoms with E-state index in [1.807, 2.05) is 6.07 Å². The first kappa shape index (κ1) is 16.8. The van der Waals surface area contributed by atoms with E-state index >= 15 is 0 Å². The van der Waals surface area contributed by atoms with Crippen molar-refractivity contribution >= 4 is 23.2 Å². The Bertz CT molecular complexity index is 744. The second-order valence-electron chi connectivity index (χ2n) is 4.71. The van der Waals surface area contributed by atoms with Crippen molar-refractivity contribution < 1.29 is 14.3 Å². The van der Waals surface area contributed by atoms with E-state index in [0.29, 0.717) is 27.8 Å². The molecule has 0 heterocycles. The molecule has 2 aromatic carbocycles. The van der Waals surface area contributed by atoms with Gasteiger partial charge < -0.3 is 9.47 Å². The van der Waals surface area contributed by atoms with Gasteiger partial charge in [-0.25, -0.2) is 5.43 Å². The Balaban J connectivity index is 2.18. The minimum absolute atomic E-state index is 0.334. The highest BCUT2D eigenvalue weighted by atomic mass is 35.5. The maximum absolute atomic E-state index is 12.1. The first-order valence-corrected chi connectivity index (χ1v) is 7.25. The number of carbonyl (C=O) groups is 1. The number of nitrogens with one attached hydrogen (secondary N) is 1. The first-order valence-electron chi connectivity index (χ1n) is 6.87. The molecule has 0 atom stereocenters. The molecule has 0 aliphatic heterocycles. The molecule has 1 amide bonds. The third kappa shape index (κ3) is 4.23. The van der Waals surface area contributed by atoms with Crippen LogP contribution in [0.25, 0.3) is 0 Å². The van der Waals surface area contributed by atoms with E-state index in [9.17, 15) is 4.79 Å². The molecule has 120 valence electrons. The van der Waals surface area contributed by atoms with E-state index < -0.39 is 0 Å². The van der Waals surface area contributed by atoms with Crippen molar-refractivity contribution in [3.05, 3.63) is 58.6 Å². The molecule has 23 heavy (non-hydrogen) atoms. The van der Waals surface area contributed by atoms with Crippen molar-refractivity contribution in [2.75, 3.05) is 14.2 Å². The standard InChI is InChI=1S/C17H17ClN2O3/c1-11(15-8-7-14(22-2)10-16(15)23-3)19-20-17(21)12-5-4-6-13(18)9-12/h4-10H,1-3H3,(H,20,21). The third-order valence-electron chi connectivity index (χ3n) is 3.21. The largest absolute Gasteiger partial charge is 0.497 e. The van der Waals surface area contributed by atoms with Crippen molar-refractivity contribution in [1.82, 2.24) is 5.43 Å². The third-order valence-corrected chi connectivity index (χ3v) is 3.45. The summed E-state index contributed by atoms with van der Waals surface area (Å²) in [6.45, 7) is 1.78. The number of benzene rings is 2. The van der Waals surface area contributed by atoms with E-state index in [-0.39, 0.29) is 5.91 Å². The highest BCUT2D eigenvalue weighted by Gasteiger charge is 2.09. The maximum Gasteiger partial charge on any atom is 0.271 e. The predicted molar refractivity (Wildman–Crippen MR) is 90.7 cm³/mol. The molecule has 0 aliphatic rings. The quantitative estimate of drug-likeness (QED) is 0.673. The highest BCUT2D eigenvalue weighted by Crippen LogP contribution is 2.25. The van der Waals surface area contributed by atoms with Crippen LogP contribution in [0.4, 0.5) is 0 Å². The molecule has 6 heteroatoms. The van der Waals surface area contributed by atoms with Gasteiger partial charge in [0, 0.05) is 22.2 Å². The molecule has 0 aromatic heterocycles. The summed E-state index contributed by atoms with van der Waals surface area (Å²) in [5.41, 5.74) is 4.32. The molecule has 0 saturated heterocycles. The summed E-state index contributed by atoms with van der Waals surface area (Å²) in [6, 6.07) is 12.0. The minimum Gasteiger partial charge on any atom is -0.497 e. The lowest BCUT2D eigenvalue weighted by atomic mass is 10.1. The number of methoxy groups -OCH3 is 2. The number of amides is 1. The van der Waals surface area contributed by atoms with Crippen LogP contribution in [-0.4, -0.2) is 25.8 Å². The Labute approximate surface area is 139 Å². The average Bonchev–Trinajstić information content (AvgIpc) is 2.58. The number of carbonyl (C=O) groups excluding carboxylic acids is 1. The second-order valence-corrected chi connectivity index (χ2v) is 5.15. The van der Waals surface area contributed by atoms with Crippen LogP contribution in [0.2, 0.25) is 5.02 Å². The summed E-state index contributed by atoms with van der Waals surface area (Å²) in [5.74, 6) is 0.961. The minimum atomic E-state index is -0.334. The fourth-order valence-corrected chi connectivity index (χ4v) is 2.18. The SMILES string of the molecule is COc1ccc(C(C)=NNC(=O)c2cccc(Cl)c2)c(OC)c1. The van der Waals surface area contributed by atoms with Gasteiger partial charge in [-0.1, -0.05) is 17.7 Å². The first-order chi connectivity index (χ1) is 11.0. The van der Waals surface area contributed by atoms with Gasteiger partial charge in [-0.15, -0.1) is 0 Å². The molecule has 0 bridgehead atoms. The van der Waals surface area contributed by atoms with Gasteiger partial charge in [-0.2, -0.15) is 5.10 Å². The van der Waals surface area contributed by atoms with E-state index in [2.05, 4.69) is 10.5 Å². The zero-order valence-electron chi connectivity index (χ0n) is 13.1. The molecular weight excluding hydrogens is 316 g/mol. The van der Waals surface area contributed by atoms with Crippen LogP contribution in [0.1, 0.15) is 22.8 Å². The fourth-order valence-electron chi connectivity index (χ4n) is 1.99. The van der Waals surface area contributed by atoms with Gasteiger partial charge in [-0.3, -0.25) is 4.79 Å². The molecule has 0 aliphatic carbocycles. The number of nitrogens with zero attached hydrogens (tertiary/aromatic N) is 1. The van der Waals surface area contributed by atoms with Gasteiger partial charge in [0.1, 0.15) is 11.5 Å². The number of hydrogen-bond donors (Lipinski definition) is 1. The molecule has 0 radical (unpaired) electrons. The number of hydrogen-bond acceptors (Lipinski definition) is 4. The van der Waals surface area contributed by atoms with Crippen LogP contribution in [0.3, 0.4) is 0 Å². The van der Waals surface area contributed by atoms with Gasteiger partial charge in [0.2, 0.25) is 0 Å². The zero-order chi connectivity index (χ0) is 16.8. The molecular formula is C17H17ClN2O3. The molecule has 0 fully saturated rings. The summed E-state index contributed by atoms with van der Waals surface area (Å²) in [4.78, 5) is 12.1. The Morgan fingerprint density at radius 3 is 2.57 bits per heavy atom. The molecule has 2 aromatic rings. The van der Waals surface area contributed by atoms with Crippen LogP contribution < -0.4 is 14.9 Å². The number of halogens is 1. The lowest BCUT2D eigenvalue weighted by Gasteiger charge is -2.10. The van der Waals surface area contributed by atoms with Gasteiger partial charge in [-0.05, 0) is 37.3 Å². The Kier molecular flexibility index (Phi) is 5.60. The lowest BCUT2D eigenvalue weighted by Crippen LogP contribution is -2.19. The van der Waals surface area contributed by atoms with Gasteiger partial charge >= 0.3 is 0 Å². The van der Waals surface area contributed by atoms with Crippen LogP contribution in [-0.2, 0) is 0 Å². The molecule has 5 nitrogen and oxygen atoms in total. The Hall–Kier alpha value is -2.53. The van der Waals surface area contributed by atoms with Crippen molar-refractivity contribution in [1.29, 1.82) is 0 Å². The number of hydrazone groups is 1. The second kappa shape index (κ2) is 7.65. The van der Waals surface area contributed by atoms with Crippen LogP contribution in [0.15, 0.2) is 47.6 Å². The summed E-state index contributed by atoms with van der Waals surface area (Å²) >= 11 is 5.87. The van der Waals surface area contributed by atoms with Gasteiger partial charge in [0.15, 0.2) is 0 Å². The molecule has 0 unspecified atom stereocenters. The lowest BCUT2D eigenvalue weighted by molar-refractivity contribution is 0.0955. The van der Waals surface area contributed by atoms with Crippen molar-refractivity contribution in [3.63, 3.8) is 0 Å². The van der Waals surface area contributed by atoms with E-state index in [4.69, 9.17) is 21.1 Å². The molecule has 0 spiro atoms. The highest BCUT2D eigenvalue weighted by molar-refractivity contribution is 6.30. The smallest absolute Gasteiger partial charge is 0.271 e. The normalized spacial score (nSPS) is 11.0.